The molecule has 1 nitrogen and oxygen atoms in total. The zero-order valence-electron chi connectivity index (χ0n) is 12.9. The van der Waals surface area contributed by atoms with Crippen molar-refractivity contribution in [2.75, 3.05) is 6.54 Å². The van der Waals surface area contributed by atoms with Gasteiger partial charge in [-0.2, -0.15) is 0 Å². The molecule has 2 unspecified atom stereocenters. The van der Waals surface area contributed by atoms with E-state index in [1.165, 1.54) is 36.8 Å². The second-order valence-corrected chi connectivity index (χ2v) is 6.11. The van der Waals surface area contributed by atoms with Gasteiger partial charge in [0.25, 0.3) is 0 Å². The second kappa shape index (κ2) is 6.91. The lowest BCUT2D eigenvalue weighted by atomic mass is 9.77. The van der Waals surface area contributed by atoms with Gasteiger partial charge in [0.05, 0.1) is 0 Å². The van der Waals surface area contributed by atoms with E-state index in [0.717, 1.165) is 6.54 Å². The number of nitrogens with one attached hydrogen (secondary N) is 1. The molecule has 0 radical (unpaired) electrons. The van der Waals surface area contributed by atoms with E-state index in [1.807, 2.05) is 0 Å². The van der Waals surface area contributed by atoms with Gasteiger partial charge in [-0.05, 0) is 29.5 Å². The van der Waals surface area contributed by atoms with Crippen LogP contribution >= 0.6 is 0 Å². The van der Waals surface area contributed by atoms with Crippen LogP contribution in [-0.2, 0) is 6.42 Å². The Morgan fingerprint density at radius 1 is 1.05 bits per heavy atom. The summed E-state index contributed by atoms with van der Waals surface area (Å²) in [6.45, 7) is 3.37. The zero-order valence-corrected chi connectivity index (χ0v) is 12.9. The summed E-state index contributed by atoms with van der Waals surface area (Å²) in [5.74, 6) is 0.703. The highest BCUT2D eigenvalue weighted by Crippen LogP contribution is 2.34. The molecule has 1 aliphatic carbocycles. The maximum atomic E-state index is 3.81. The summed E-state index contributed by atoms with van der Waals surface area (Å²) in [4.78, 5) is 0. The minimum atomic E-state index is 0.499. The lowest BCUT2D eigenvalue weighted by Gasteiger charge is -2.32. The zero-order chi connectivity index (χ0) is 14.5. The Labute approximate surface area is 128 Å². The average molecular weight is 279 g/mol. The molecule has 1 aliphatic rings. The van der Waals surface area contributed by atoms with Gasteiger partial charge in [-0.1, -0.05) is 74.4 Å². The molecule has 1 heteroatoms. The van der Waals surface area contributed by atoms with Gasteiger partial charge >= 0.3 is 0 Å². The molecular formula is C20H25N. The Morgan fingerprint density at radius 2 is 1.81 bits per heavy atom. The van der Waals surface area contributed by atoms with Crippen molar-refractivity contribution < 1.29 is 0 Å². The number of rotatable bonds is 7. The van der Waals surface area contributed by atoms with Crippen LogP contribution in [0, 0.1) is 0 Å². The minimum Gasteiger partial charge on any atom is -0.309 e. The molecule has 110 valence electrons. The van der Waals surface area contributed by atoms with Crippen molar-refractivity contribution in [2.45, 2.75) is 44.6 Å². The molecule has 21 heavy (non-hydrogen) atoms. The summed E-state index contributed by atoms with van der Waals surface area (Å²) in [7, 11) is 0. The Bertz CT molecular complexity index is 561. The van der Waals surface area contributed by atoms with Gasteiger partial charge < -0.3 is 5.32 Å². The number of benzene rings is 2. The van der Waals surface area contributed by atoms with Crippen molar-refractivity contribution in [1.82, 2.24) is 5.32 Å². The third-order valence-electron chi connectivity index (χ3n) is 4.62. The maximum Gasteiger partial charge on any atom is 0.0320 e. The number of fused-ring (bicyclic) bond motifs is 1. The highest BCUT2D eigenvalue weighted by molar-refractivity contribution is 5.40. The summed E-state index contributed by atoms with van der Waals surface area (Å²) in [5.41, 5.74) is 4.51. The van der Waals surface area contributed by atoms with E-state index in [0.29, 0.717) is 12.0 Å². The number of hydrogen-bond donors (Lipinski definition) is 1. The van der Waals surface area contributed by atoms with Gasteiger partial charge in [0.1, 0.15) is 0 Å². The SMILES string of the molecule is CCCCC(NCC1Cc2ccccc21)c1ccccc1. The number of hydrogen-bond acceptors (Lipinski definition) is 1. The van der Waals surface area contributed by atoms with Crippen LogP contribution in [0.15, 0.2) is 54.6 Å². The van der Waals surface area contributed by atoms with Gasteiger partial charge in [0.15, 0.2) is 0 Å². The molecule has 3 rings (SSSR count). The first-order valence-corrected chi connectivity index (χ1v) is 8.24. The maximum absolute atomic E-state index is 3.81. The van der Waals surface area contributed by atoms with Gasteiger partial charge in [0, 0.05) is 18.5 Å². The van der Waals surface area contributed by atoms with Crippen molar-refractivity contribution in [3.8, 4) is 0 Å². The first-order chi connectivity index (χ1) is 10.4. The predicted molar refractivity (Wildman–Crippen MR) is 89.6 cm³/mol. The Kier molecular flexibility index (Phi) is 4.72. The molecule has 2 aromatic carbocycles. The van der Waals surface area contributed by atoms with E-state index in [1.54, 1.807) is 5.56 Å². The summed E-state index contributed by atoms with van der Waals surface area (Å²) in [6, 6.07) is 20.3. The van der Waals surface area contributed by atoms with Gasteiger partial charge in [0.2, 0.25) is 0 Å². The first kappa shape index (κ1) is 14.3. The summed E-state index contributed by atoms with van der Waals surface area (Å²) in [5, 5.41) is 3.81. The van der Waals surface area contributed by atoms with E-state index in [-0.39, 0.29) is 0 Å². The molecule has 0 saturated carbocycles. The second-order valence-electron chi connectivity index (χ2n) is 6.11. The van der Waals surface area contributed by atoms with Crippen molar-refractivity contribution >= 4 is 0 Å². The van der Waals surface area contributed by atoms with Crippen molar-refractivity contribution in [2.24, 2.45) is 0 Å². The third-order valence-corrected chi connectivity index (χ3v) is 4.62. The molecule has 0 spiro atoms. The molecule has 0 amide bonds. The van der Waals surface area contributed by atoms with Crippen LogP contribution in [0.3, 0.4) is 0 Å². The average Bonchev–Trinajstić information content (AvgIpc) is 2.52. The summed E-state index contributed by atoms with van der Waals surface area (Å²) < 4.78 is 0. The Balaban J connectivity index is 1.61. The Morgan fingerprint density at radius 3 is 2.57 bits per heavy atom. The molecule has 0 fully saturated rings. The van der Waals surface area contributed by atoms with Crippen LogP contribution in [0.4, 0.5) is 0 Å². The van der Waals surface area contributed by atoms with E-state index in [9.17, 15) is 0 Å². The van der Waals surface area contributed by atoms with Crippen LogP contribution in [0.25, 0.3) is 0 Å². The first-order valence-electron chi connectivity index (χ1n) is 8.24. The molecule has 0 aromatic heterocycles. The topological polar surface area (TPSA) is 12.0 Å². The number of unbranched alkanes of at least 4 members (excludes halogenated alkanes) is 1. The van der Waals surface area contributed by atoms with Crippen LogP contribution < -0.4 is 5.32 Å². The van der Waals surface area contributed by atoms with Crippen LogP contribution in [0.2, 0.25) is 0 Å². The normalized spacial score (nSPS) is 17.9. The van der Waals surface area contributed by atoms with Gasteiger partial charge in [-0.25, -0.2) is 0 Å². The van der Waals surface area contributed by atoms with Crippen molar-refractivity contribution in [3.63, 3.8) is 0 Å². The molecule has 1 N–H and O–H groups in total. The van der Waals surface area contributed by atoms with E-state index in [4.69, 9.17) is 0 Å². The standard InChI is InChI=1S/C20H25N/c1-2-3-13-20(16-9-5-4-6-10-16)21-15-18-14-17-11-7-8-12-19(17)18/h4-12,18,20-21H,2-3,13-15H2,1H3. The lowest BCUT2D eigenvalue weighted by Crippen LogP contribution is -2.31. The highest BCUT2D eigenvalue weighted by Gasteiger charge is 2.25. The largest absolute Gasteiger partial charge is 0.309 e. The molecule has 0 heterocycles. The third kappa shape index (κ3) is 3.36. The lowest BCUT2D eigenvalue weighted by molar-refractivity contribution is 0.440. The predicted octanol–water partition coefficient (Wildman–Crippen LogP) is 4.85. The van der Waals surface area contributed by atoms with Crippen LogP contribution in [0.1, 0.15) is 54.8 Å². The fourth-order valence-electron chi connectivity index (χ4n) is 3.31. The summed E-state index contributed by atoms with van der Waals surface area (Å²) >= 11 is 0. The fraction of sp³-hybridized carbons (Fsp3) is 0.400. The molecule has 2 atom stereocenters. The molecule has 0 bridgehead atoms. The molecule has 0 saturated heterocycles. The van der Waals surface area contributed by atoms with Gasteiger partial charge in [-0.3, -0.25) is 0 Å². The van der Waals surface area contributed by atoms with Gasteiger partial charge in [-0.15, -0.1) is 0 Å². The molecule has 0 aliphatic heterocycles. The van der Waals surface area contributed by atoms with E-state index in [2.05, 4.69) is 66.8 Å². The van der Waals surface area contributed by atoms with E-state index < -0.39 is 0 Å². The van der Waals surface area contributed by atoms with Crippen LogP contribution in [-0.4, -0.2) is 6.54 Å². The smallest absolute Gasteiger partial charge is 0.0320 e. The Hall–Kier alpha value is -1.60. The monoisotopic (exact) mass is 279 g/mol. The van der Waals surface area contributed by atoms with Crippen molar-refractivity contribution in [3.05, 3.63) is 71.3 Å². The highest BCUT2D eigenvalue weighted by atomic mass is 14.9. The fourth-order valence-corrected chi connectivity index (χ4v) is 3.31. The minimum absolute atomic E-state index is 0.499. The summed E-state index contributed by atoms with van der Waals surface area (Å²) in [6.07, 6.45) is 5.01. The quantitative estimate of drug-likeness (QED) is 0.764. The van der Waals surface area contributed by atoms with Crippen molar-refractivity contribution in [1.29, 1.82) is 0 Å². The molecular weight excluding hydrogens is 254 g/mol. The van der Waals surface area contributed by atoms with E-state index >= 15 is 0 Å². The van der Waals surface area contributed by atoms with Crippen LogP contribution in [0.5, 0.6) is 0 Å². The molecule has 2 aromatic rings.